The Morgan fingerprint density at radius 1 is 0.675 bits per heavy atom. The van der Waals surface area contributed by atoms with Crippen LogP contribution in [0.3, 0.4) is 0 Å². The van der Waals surface area contributed by atoms with Gasteiger partial charge in [0.25, 0.3) is 0 Å². The van der Waals surface area contributed by atoms with Gasteiger partial charge < -0.3 is 41.4 Å². The molecule has 2 aliphatic rings. The molecule has 6 heterocycles. The van der Waals surface area contributed by atoms with E-state index in [9.17, 15) is 20.4 Å². The molecule has 0 aromatic carbocycles. The lowest BCUT2D eigenvalue weighted by atomic mass is 10.1. The Hall–Kier alpha value is -3.62. The molecule has 40 heavy (non-hydrogen) atoms. The number of aliphatic hydroxyl groups excluding tert-OH is 4. The normalized spacial score (nSPS) is 30.9. The van der Waals surface area contributed by atoms with Gasteiger partial charge in [-0.1, -0.05) is 0 Å². The number of rotatable bonds is 7. The largest absolute Gasteiger partial charge is 0.387 e. The third kappa shape index (κ3) is 4.30. The highest BCUT2D eigenvalue weighted by Crippen LogP contribution is 2.34. The molecule has 2 aliphatic heterocycles. The van der Waals surface area contributed by atoms with Crippen LogP contribution in [0.25, 0.3) is 22.3 Å². The SMILES string of the molecule is CN(C[C@H]1O[C@@H](n2cnc3c(N)ncnc32)[C@H](O)[C@@H]1O)N(C)C[C@H]1O[C@@H](n2cnc3c(N)ncnc32)[C@H](O)[C@@H]1O. The van der Waals surface area contributed by atoms with Crippen molar-refractivity contribution in [2.75, 3.05) is 38.7 Å². The predicted molar refractivity (Wildman–Crippen MR) is 137 cm³/mol. The molecule has 4 aromatic heterocycles. The summed E-state index contributed by atoms with van der Waals surface area (Å²) in [6.45, 7) is 0.373. The summed E-state index contributed by atoms with van der Waals surface area (Å²) in [6.07, 6.45) is -2.94. The second-order valence-corrected chi connectivity index (χ2v) is 9.94. The number of hydrogen-bond donors (Lipinski definition) is 6. The number of likely N-dealkylation sites (N-methyl/N-ethyl adjacent to an activating group) is 2. The summed E-state index contributed by atoms with van der Waals surface area (Å²) in [5.74, 6) is 0.383. The molecule has 0 aliphatic carbocycles. The van der Waals surface area contributed by atoms with Crippen LogP contribution in [0.4, 0.5) is 11.6 Å². The number of nitrogens with zero attached hydrogens (tertiary/aromatic N) is 10. The van der Waals surface area contributed by atoms with Crippen LogP contribution in [-0.4, -0.2) is 133 Å². The first-order valence-electron chi connectivity index (χ1n) is 12.5. The minimum absolute atomic E-state index is 0.187. The van der Waals surface area contributed by atoms with Gasteiger partial charge in [0.2, 0.25) is 0 Å². The molecule has 8 atom stereocenters. The highest BCUT2D eigenvalue weighted by atomic mass is 16.6. The third-order valence-corrected chi connectivity index (χ3v) is 7.47. The van der Waals surface area contributed by atoms with Crippen molar-refractivity contribution >= 4 is 34.0 Å². The van der Waals surface area contributed by atoms with Crippen LogP contribution in [0.1, 0.15) is 12.5 Å². The number of imidazole rings is 2. The van der Waals surface area contributed by atoms with Crippen LogP contribution in [0, 0.1) is 0 Å². The highest BCUT2D eigenvalue weighted by molar-refractivity contribution is 5.81. The first kappa shape index (κ1) is 26.6. The van der Waals surface area contributed by atoms with Crippen LogP contribution in [0.2, 0.25) is 0 Å². The van der Waals surface area contributed by atoms with Crippen molar-refractivity contribution in [1.29, 1.82) is 0 Å². The lowest BCUT2D eigenvalue weighted by Crippen LogP contribution is -2.49. The van der Waals surface area contributed by atoms with Crippen molar-refractivity contribution in [3.63, 3.8) is 0 Å². The lowest BCUT2D eigenvalue weighted by Gasteiger charge is -2.33. The molecule has 0 amide bonds. The van der Waals surface area contributed by atoms with Crippen LogP contribution in [0.5, 0.6) is 0 Å². The first-order chi connectivity index (χ1) is 19.2. The molecular formula is C22H30N12O6. The smallest absolute Gasteiger partial charge is 0.167 e. The van der Waals surface area contributed by atoms with E-state index in [1.807, 2.05) is 0 Å². The summed E-state index contributed by atoms with van der Waals surface area (Å²) in [7, 11) is 3.52. The summed E-state index contributed by atoms with van der Waals surface area (Å²) in [5, 5.41) is 46.5. The summed E-state index contributed by atoms with van der Waals surface area (Å²) in [6, 6.07) is 0. The van der Waals surface area contributed by atoms with Crippen LogP contribution >= 0.6 is 0 Å². The molecule has 18 nitrogen and oxygen atoms in total. The zero-order valence-corrected chi connectivity index (χ0v) is 21.6. The second-order valence-electron chi connectivity index (χ2n) is 9.94. The Balaban J connectivity index is 1.11. The standard InChI is InChI=1S/C22H30N12O6/c1-31(3-9-13(35)15(37)21(39-9)33-7-29-11-17(23)25-5-27-19(11)33)32(2)4-10-14(36)16(38)22(40-10)34-8-30-12-18(24)26-6-28-20(12)34/h5-10,13-16,21-22,35-38H,3-4H2,1-2H3,(H2,23,25,27)(H2,24,26,28)/t9-,10-,13-,14-,15-,16-,21-,22-/m1/s1. The number of hydrazine groups is 1. The van der Waals surface area contributed by atoms with E-state index < -0.39 is 49.1 Å². The number of anilines is 2. The fourth-order valence-corrected chi connectivity index (χ4v) is 5.13. The number of aliphatic hydroxyl groups is 4. The molecule has 4 aromatic rings. The number of aromatic nitrogens is 8. The molecule has 2 saturated heterocycles. The van der Waals surface area contributed by atoms with Crippen molar-refractivity contribution in [2.45, 2.75) is 49.1 Å². The van der Waals surface area contributed by atoms with E-state index in [0.29, 0.717) is 22.3 Å². The Morgan fingerprint density at radius 3 is 1.48 bits per heavy atom. The molecule has 0 spiro atoms. The number of ether oxygens (including phenoxy) is 2. The third-order valence-electron chi connectivity index (χ3n) is 7.47. The van der Waals surface area contributed by atoms with Crippen molar-refractivity contribution < 1.29 is 29.9 Å². The maximum absolute atomic E-state index is 10.8. The topological polar surface area (TPSA) is 245 Å². The molecule has 8 N–H and O–H groups in total. The van der Waals surface area contributed by atoms with E-state index in [1.165, 1.54) is 34.4 Å². The highest BCUT2D eigenvalue weighted by Gasteiger charge is 2.47. The van der Waals surface area contributed by atoms with Gasteiger partial charge >= 0.3 is 0 Å². The average Bonchev–Trinajstić information content (AvgIpc) is 3.68. The van der Waals surface area contributed by atoms with Gasteiger partial charge in [0, 0.05) is 27.2 Å². The van der Waals surface area contributed by atoms with E-state index in [-0.39, 0.29) is 24.7 Å². The van der Waals surface area contributed by atoms with Gasteiger partial charge in [0.15, 0.2) is 35.4 Å². The zero-order valence-electron chi connectivity index (χ0n) is 21.6. The molecule has 0 bridgehead atoms. The number of fused-ring (bicyclic) bond motifs is 2. The quantitative estimate of drug-likeness (QED) is 0.123. The molecular weight excluding hydrogens is 528 g/mol. The van der Waals surface area contributed by atoms with E-state index in [0.717, 1.165) is 0 Å². The van der Waals surface area contributed by atoms with E-state index in [2.05, 4.69) is 29.9 Å². The van der Waals surface area contributed by atoms with Crippen molar-refractivity contribution in [1.82, 2.24) is 49.1 Å². The number of hydrogen-bond acceptors (Lipinski definition) is 16. The summed E-state index contributed by atoms with van der Waals surface area (Å²) in [4.78, 5) is 24.6. The Morgan fingerprint density at radius 2 is 1.07 bits per heavy atom. The lowest BCUT2D eigenvalue weighted by molar-refractivity contribution is -0.0993. The molecule has 2 fully saturated rings. The summed E-state index contributed by atoms with van der Waals surface area (Å²) in [5.41, 5.74) is 13.2. The Labute approximate surface area is 226 Å². The first-order valence-corrected chi connectivity index (χ1v) is 12.5. The van der Waals surface area contributed by atoms with Crippen molar-refractivity contribution in [2.24, 2.45) is 0 Å². The van der Waals surface area contributed by atoms with Gasteiger partial charge in [0.05, 0.1) is 12.7 Å². The van der Waals surface area contributed by atoms with Gasteiger partial charge in [-0.25, -0.2) is 39.9 Å². The van der Waals surface area contributed by atoms with Crippen LogP contribution in [0.15, 0.2) is 25.3 Å². The molecule has 6 rings (SSSR count). The Bertz CT molecular complexity index is 1400. The minimum atomic E-state index is -1.25. The van der Waals surface area contributed by atoms with E-state index in [1.54, 1.807) is 24.1 Å². The van der Waals surface area contributed by atoms with Gasteiger partial charge in [0.1, 0.15) is 60.3 Å². The van der Waals surface area contributed by atoms with Gasteiger partial charge in [-0.3, -0.25) is 9.13 Å². The fraction of sp³-hybridized carbons (Fsp3) is 0.545. The molecule has 214 valence electrons. The monoisotopic (exact) mass is 558 g/mol. The van der Waals surface area contributed by atoms with Crippen molar-refractivity contribution in [3.05, 3.63) is 25.3 Å². The van der Waals surface area contributed by atoms with Gasteiger partial charge in [-0.15, -0.1) is 0 Å². The number of nitrogens with two attached hydrogens (primary N) is 2. The van der Waals surface area contributed by atoms with Gasteiger partial charge in [-0.05, 0) is 0 Å². The van der Waals surface area contributed by atoms with Crippen LogP contribution in [-0.2, 0) is 9.47 Å². The number of nitrogen functional groups attached to an aromatic ring is 2. The maximum Gasteiger partial charge on any atom is 0.167 e. The van der Waals surface area contributed by atoms with E-state index >= 15 is 0 Å². The maximum atomic E-state index is 10.8. The minimum Gasteiger partial charge on any atom is -0.387 e. The van der Waals surface area contributed by atoms with Crippen molar-refractivity contribution in [3.8, 4) is 0 Å². The van der Waals surface area contributed by atoms with Crippen LogP contribution < -0.4 is 11.5 Å². The summed E-state index contributed by atoms with van der Waals surface area (Å²) >= 11 is 0. The molecule has 0 unspecified atom stereocenters. The Kier molecular flexibility index (Phi) is 6.71. The molecule has 0 saturated carbocycles. The molecule has 0 radical (unpaired) electrons. The fourth-order valence-electron chi connectivity index (χ4n) is 5.13. The van der Waals surface area contributed by atoms with E-state index in [4.69, 9.17) is 20.9 Å². The average molecular weight is 559 g/mol. The van der Waals surface area contributed by atoms with Gasteiger partial charge in [-0.2, -0.15) is 0 Å². The predicted octanol–water partition coefficient (Wildman–Crippen LogP) is -3.15. The molecule has 18 heteroatoms. The summed E-state index contributed by atoms with van der Waals surface area (Å²) < 4.78 is 15.1. The zero-order chi connectivity index (χ0) is 28.3. The second kappa shape index (κ2) is 10.1.